The van der Waals surface area contributed by atoms with Crippen molar-refractivity contribution in [2.45, 2.75) is 44.7 Å². The minimum Gasteiger partial charge on any atom is -0.353 e. The fourth-order valence-corrected chi connectivity index (χ4v) is 3.47. The lowest BCUT2D eigenvalue weighted by Gasteiger charge is -2.32. The quantitative estimate of drug-likeness (QED) is 0.847. The van der Waals surface area contributed by atoms with Gasteiger partial charge in [0.2, 0.25) is 5.91 Å². The van der Waals surface area contributed by atoms with Gasteiger partial charge in [0.15, 0.2) is 0 Å². The summed E-state index contributed by atoms with van der Waals surface area (Å²) >= 11 is 0. The van der Waals surface area contributed by atoms with Crippen LogP contribution in [0, 0.1) is 5.92 Å². The van der Waals surface area contributed by atoms with Gasteiger partial charge in [-0.15, -0.1) is 0 Å². The molecule has 1 amide bonds. The average Bonchev–Trinajstić information content (AvgIpc) is 3.03. The van der Waals surface area contributed by atoms with Crippen LogP contribution >= 0.6 is 0 Å². The number of carbonyl (C=O) groups excluding carboxylic acids is 1. The first-order valence-corrected chi connectivity index (χ1v) is 8.52. The molecule has 1 aromatic rings. The van der Waals surface area contributed by atoms with E-state index in [1.54, 1.807) is 0 Å². The summed E-state index contributed by atoms with van der Waals surface area (Å²) in [5.41, 5.74) is 1.37. The Morgan fingerprint density at radius 2 is 1.91 bits per heavy atom. The van der Waals surface area contributed by atoms with Gasteiger partial charge in [0.25, 0.3) is 0 Å². The molecule has 118 valence electrons. The van der Waals surface area contributed by atoms with Crippen LogP contribution in [0.15, 0.2) is 42.5 Å². The molecule has 1 aromatic carbocycles. The minimum absolute atomic E-state index is 0.234. The van der Waals surface area contributed by atoms with Gasteiger partial charge in [-0.1, -0.05) is 42.5 Å². The summed E-state index contributed by atoms with van der Waals surface area (Å²) in [5.74, 6) is 0.705. The highest BCUT2D eigenvalue weighted by Gasteiger charge is 2.22. The Balaban J connectivity index is 1.38. The second kappa shape index (κ2) is 7.59. The predicted octanol–water partition coefficient (Wildman–Crippen LogP) is 3.12. The molecule has 1 saturated heterocycles. The Hall–Kier alpha value is -1.61. The molecule has 1 fully saturated rings. The number of nitrogens with one attached hydrogen (secondary N) is 1. The number of allylic oxidation sites excluding steroid dienone is 2. The van der Waals surface area contributed by atoms with Crippen LogP contribution in [0.3, 0.4) is 0 Å². The van der Waals surface area contributed by atoms with Crippen LogP contribution in [0.4, 0.5) is 0 Å². The summed E-state index contributed by atoms with van der Waals surface area (Å²) < 4.78 is 0. The highest BCUT2D eigenvalue weighted by atomic mass is 16.1. The number of amides is 1. The predicted molar refractivity (Wildman–Crippen MR) is 89.4 cm³/mol. The van der Waals surface area contributed by atoms with Crippen LogP contribution in [-0.4, -0.2) is 29.9 Å². The summed E-state index contributed by atoms with van der Waals surface area (Å²) in [6, 6.07) is 11.0. The second-order valence-electron chi connectivity index (χ2n) is 6.57. The van der Waals surface area contributed by atoms with Gasteiger partial charge in [-0.3, -0.25) is 9.69 Å². The van der Waals surface area contributed by atoms with E-state index in [0.29, 0.717) is 18.4 Å². The van der Waals surface area contributed by atoms with Gasteiger partial charge in [-0.05, 0) is 37.2 Å². The zero-order valence-electron chi connectivity index (χ0n) is 13.2. The maximum Gasteiger partial charge on any atom is 0.220 e. The van der Waals surface area contributed by atoms with Gasteiger partial charge in [0.1, 0.15) is 0 Å². The lowest BCUT2D eigenvalue weighted by atomic mass is 10.0. The first-order chi connectivity index (χ1) is 10.8. The van der Waals surface area contributed by atoms with Crippen molar-refractivity contribution < 1.29 is 4.79 Å². The monoisotopic (exact) mass is 298 g/mol. The molecule has 1 N–H and O–H groups in total. The van der Waals surface area contributed by atoms with Crippen molar-refractivity contribution in [3.8, 4) is 0 Å². The van der Waals surface area contributed by atoms with Gasteiger partial charge in [0, 0.05) is 32.1 Å². The summed E-state index contributed by atoms with van der Waals surface area (Å²) in [5, 5.41) is 3.23. The molecule has 2 aliphatic rings. The number of hydrogen-bond donors (Lipinski definition) is 1. The lowest BCUT2D eigenvalue weighted by Crippen LogP contribution is -2.44. The normalized spacial score (nSPS) is 22.8. The highest BCUT2D eigenvalue weighted by molar-refractivity contribution is 5.76. The average molecular weight is 298 g/mol. The molecular weight excluding hydrogens is 272 g/mol. The van der Waals surface area contributed by atoms with E-state index in [4.69, 9.17) is 0 Å². The second-order valence-corrected chi connectivity index (χ2v) is 6.57. The van der Waals surface area contributed by atoms with Crippen molar-refractivity contribution in [1.82, 2.24) is 10.2 Å². The Morgan fingerprint density at radius 3 is 2.59 bits per heavy atom. The molecule has 1 aliphatic heterocycles. The lowest BCUT2D eigenvalue weighted by molar-refractivity contribution is -0.122. The van der Waals surface area contributed by atoms with Crippen molar-refractivity contribution in [3.63, 3.8) is 0 Å². The minimum atomic E-state index is 0.234. The van der Waals surface area contributed by atoms with Gasteiger partial charge in [-0.25, -0.2) is 0 Å². The van der Waals surface area contributed by atoms with E-state index < -0.39 is 0 Å². The SMILES string of the molecule is O=C(C[C@@H]1C=CCC1)NC1CCN(Cc2ccccc2)CC1. The first kappa shape index (κ1) is 15.3. The van der Waals surface area contributed by atoms with E-state index in [-0.39, 0.29) is 5.91 Å². The third-order valence-corrected chi connectivity index (χ3v) is 4.76. The Kier molecular flexibility index (Phi) is 5.28. The molecule has 0 saturated carbocycles. The molecular formula is C19H26N2O. The Labute approximate surface area is 133 Å². The van der Waals surface area contributed by atoms with E-state index in [1.807, 2.05) is 0 Å². The van der Waals surface area contributed by atoms with Crippen LogP contribution in [-0.2, 0) is 11.3 Å². The third-order valence-electron chi connectivity index (χ3n) is 4.76. The fraction of sp³-hybridized carbons (Fsp3) is 0.526. The van der Waals surface area contributed by atoms with Crippen LogP contribution in [0.2, 0.25) is 0 Å². The van der Waals surface area contributed by atoms with E-state index >= 15 is 0 Å². The highest BCUT2D eigenvalue weighted by Crippen LogP contribution is 2.20. The van der Waals surface area contributed by atoms with E-state index in [9.17, 15) is 4.79 Å². The van der Waals surface area contributed by atoms with Gasteiger partial charge < -0.3 is 5.32 Å². The number of carbonyl (C=O) groups is 1. The molecule has 3 nitrogen and oxygen atoms in total. The van der Waals surface area contributed by atoms with Crippen LogP contribution in [0.25, 0.3) is 0 Å². The largest absolute Gasteiger partial charge is 0.353 e. The molecule has 0 radical (unpaired) electrons. The van der Waals surface area contributed by atoms with Gasteiger partial charge >= 0.3 is 0 Å². The molecule has 1 atom stereocenters. The molecule has 3 rings (SSSR count). The number of likely N-dealkylation sites (tertiary alicyclic amines) is 1. The molecule has 0 spiro atoms. The molecule has 0 aromatic heterocycles. The standard InChI is InChI=1S/C19H26N2O/c22-19(14-16-6-4-5-7-16)20-18-10-12-21(13-11-18)15-17-8-2-1-3-9-17/h1-4,6,8-9,16,18H,5,7,10-15H2,(H,20,22)/t16-/m1/s1. The maximum absolute atomic E-state index is 12.1. The first-order valence-electron chi connectivity index (χ1n) is 8.52. The summed E-state index contributed by atoms with van der Waals surface area (Å²) in [6.45, 7) is 3.17. The number of rotatable bonds is 5. The number of nitrogens with zero attached hydrogens (tertiary/aromatic N) is 1. The van der Waals surface area contributed by atoms with Crippen LogP contribution in [0.1, 0.15) is 37.7 Å². The van der Waals surface area contributed by atoms with E-state index in [0.717, 1.165) is 45.3 Å². The zero-order valence-corrected chi connectivity index (χ0v) is 13.2. The summed E-state index contributed by atoms with van der Waals surface area (Å²) in [7, 11) is 0. The third kappa shape index (κ3) is 4.44. The molecule has 1 aliphatic carbocycles. The van der Waals surface area contributed by atoms with Crippen molar-refractivity contribution in [2.24, 2.45) is 5.92 Å². The molecule has 3 heteroatoms. The zero-order chi connectivity index (χ0) is 15.2. The van der Waals surface area contributed by atoms with Gasteiger partial charge in [0.05, 0.1) is 0 Å². The van der Waals surface area contributed by atoms with E-state index in [1.165, 1.54) is 5.56 Å². The van der Waals surface area contributed by atoms with Crippen molar-refractivity contribution in [2.75, 3.05) is 13.1 Å². The Morgan fingerprint density at radius 1 is 1.14 bits per heavy atom. The molecule has 0 unspecified atom stereocenters. The van der Waals surface area contributed by atoms with Crippen molar-refractivity contribution in [1.29, 1.82) is 0 Å². The van der Waals surface area contributed by atoms with E-state index in [2.05, 4.69) is 52.7 Å². The molecule has 0 bridgehead atoms. The topological polar surface area (TPSA) is 32.3 Å². The van der Waals surface area contributed by atoms with Gasteiger partial charge in [-0.2, -0.15) is 0 Å². The number of piperidine rings is 1. The van der Waals surface area contributed by atoms with Crippen molar-refractivity contribution >= 4 is 5.91 Å². The van der Waals surface area contributed by atoms with Crippen LogP contribution in [0.5, 0.6) is 0 Å². The number of benzene rings is 1. The smallest absolute Gasteiger partial charge is 0.220 e. The molecule has 22 heavy (non-hydrogen) atoms. The Bertz CT molecular complexity index is 503. The summed E-state index contributed by atoms with van der Waals surface area (Å²) in [6.07, 6.45) is 9.47. The summed E-state index contributed by atoms with van der Waals surface area (Å²) in [4.78, 5) is 14.6. The molecule has 1 heterocycles. The maximum atomic E-state index is 12.1. The number of hydrogen-bond acceptors (Lipinski definition) is 2. The fourth-order valence-electron chi connectivity index (χ4n) is 3.47. The van der Waals surface area contributed by atoms with Crippen LogP contribution < -0.4 is 5.32 Å². The van der Waals surface area contributed by atoms with Crippen molar-refractivity contribution in [3.05, 3.63) is 48.0 Å².